The summed E-state index contributed by atoms with van der Waals surface area (Å²) in [7, 11) is -3.85. The van der Waals surface area contributed by atoms with Crippen molar-refractivity contribution >= 4 is 33.2 Å². The summed E-state index contributed by atoms with van der Waals surface area (Å²) in [6.07, 6.45) is 0.130. The Kier molecular flexibility index (Phi) is 7.67. The van der Waals surface area contributed by atoms with Gasteiger partial charge in [0.2, 0.25) is 21.8 Å². The average molecular weight is 463 g/mol. The topological polar surface area (TPSA) is 140 Å². The maximum Gasteiger partial charge on any atom is 0.238 e. The van der Waals surface area contributed by atoms with Crippen molar-refractivity contribution in [3.63, 3.8) is 0 Å². The minimum absolute atomic E-state index is 0.0821. The summed E-state index contributed by atoms with van der Waals surface area (Å²) in [5.74, 6) is 0.710. The number of amides is 2. The van der Waals surface area contributed by atoms with Gasteiger partial charge in [0.1, 0.15) is 13.2 Å². The quantitative estimate of drug-likeness (QED) is 0.512. The molecule has 1 aliphatic heterocycles. The van der Waals surface area contributed by atoms with Gasteiger partial charge in [-0.25, -0.2) is 13.6 Å². The fourth-order valence-electron chi connectivity index (χ4n) is 3.11. The van der Waals surface area contributed by atoms with Crippen LogP contribution in [0.4, 0.5) is 11.4 Å². The van der Waals surface area contributed by atoms with Gasteiger partial charge in [-0.15, -0.1) is 0 Å². The summed E-state index contributed by atoms with van der Waals surface area (Å²) < 4.78 is 33.9. The molecule has 3 rings (SSSR count). The number of sulfonamides is 1. The molecule has 1 aliphatic rings. The van der Waals surface area contributed by atoms with Crippen molar-refractivity contribution in [2.75, 3.05) is 43.5 Å². The van der Waals surface area contributed by atoms with Crippen LogP contribution in [-0.2, 0) is 19.6 Å². The number of carbonyl (C=O) groups excluding carboxylic acids is 2. The fraction of sp³-hybridized carbons (Fsp3) is 0.333. The highest BCUT2D eigenvalue weighted by molar-refractivity contribution is 7.89. The number of nitrogens with one attached hydrogen (secondary N) is 2. The molecule has 0 bridgehead atoms. The van der Waals surface area contributed by atoms with Gasteiger partial charge in [0.15, 0.2) is 11.5 Å². The molecule has 32 heavy (non-hydrogen) atoms. The molecule has 0 fully saturated rings. The molecule has 0 unspecified atom stereocenters. The fourth-order valence-corrected chi connectivity index (χ4v) is 3.67. The van der Waals surface area contributed by atoms with Gasteiger partial charge in [-0.05, 0) is 36.9 Å². The third kappa shape index (κ3) is 6.67. The van der Waals surface area contributed by atoms with E-state index in [1.807, 2.05) is 11.8 Å². The Bertz CT molecular complexity index is 1090. The van der Waals surface area contributed by atoms with Crippen LogP contribution >= 0.6 is 0 Å². The van der Waals surface area contributed by atoms with E-state index in [1.165, 1.54) is 18.2 Å². The zero-order chi connectivity index (χ0) is 23.1. The second-order valence-electron chi connectivity index (χ2n) is 7.15. The molecule has 11 heteroatoms. The van der Waals surface area contributed by atoms with E-state index >= 15 is 0 Å². The molecule has 2 aromatic rings. The number of primary sulfonamides is 1. The van der Waals surface area contributed by atoms with E-state index in [2.05, 4.69) is 10.6 Å². The van der Waals surface area contributed by atoms with Gasteiger partial charge in [0, 0.05) is 30.4 Å². The Morgan fingerprint density at radius 2 is 1.69 bits per heavy atom. The Morgan fingerprint density at radius 3 is 2.41 bits per heavy atom. The molecule has 0 aliphatic carbocycles. The van der Waals surface area contributed by atoms with Gasteiger partial charge in [0.05, 0.1) is 11.4 Å². The molecule has 4 N–H and O–H groups in total. The molecule has 1 heterocycles. The summed E-state index contributed by atoms with van der Waals surface area (Å²) in [4.78, 5) is 26.4. The summed E-state index contributed by atoms with van der Waals surface area (Å²) in [6, 6.07) is 10.9. The molecule has 0 atom stereocenters. The van der Waals surface area contributed by atoms with E-state index in [4.69, 9.17) is 14.6 Å². The van der Waals surface area contributed by atoms with E-state index in [0.29, 0.717) is 49.2 Å². The maximum atomic E-state index is 12.4. The van der Waals surface area contributed by atoms with Gasteiger partial charge in [0.25, 0.3) is 0 Å². The lowest BCUT2D eigenvalue weighted by atomic mass is 10.2. The zero-order valence-corrected chi connectivity index (χ0v) is 18.5. The van der Waals surface area contributed by atoms with E-state index in [1.54, 1.807) is 24.3 Å². The van der Waals surface area contributed by atoms with Gasteiger partial charge < -0.3 is 20.1 Å². The monoisotopic (exact) mass is 462 g/mol. The van der Waals surface area contributed by atoms with E-state index in [9.17, 15) is 18.0 Å². The number of hydrogen-bond acceptors (Lipinski definition) is 7. The normalized spacial score (nSPS) is 13.0. The molecular weight excluding hydrogens is 436 g/mol. The average Bonchev–Trinajstić information content (AvgIpc) is 2.76. The largest absolute Gasteiger partial charge is 0.486 e. The van der Waals surface area contributed by atoms with Crippen molar-refractivity contribution in [3.8, 4) is 11.5 Å². The molecule has 0 radical (unpaired) electrons. The zero-order valence-electron chi connectivity index (χ0n) is 17.7. The van der Waals surface area contributed by atoms with E-state index in [-0.39, 0.29) is 29.7 Å². The molecule has 0 saturated carbocycles. The van der Waals surface area contributed by atoms with Crippen molar-refractivity contribution in [1.82, 2.24) is 4.90 Å². The van der Waals surface area contributed by atoms with Crippen LogP contribution in [0.3, 0.4) is 0 Å². The smallest absolute Gasteiger partial charge is 0.238 e. The van der Waals surface area contributed by atoms with E-state index in [0.717, 1.165) is 0 Å². The lowest BCUT2D eigenvalue weighted by molar-refractivity contribution is -0.119. The number of hydrogen-bond donors (Lipinski definition) is 3. The Balaban J connectivity index is 1.49. The third-order valence-electron chi connectivity index (χ3n) is 4.74. The molecule has 2 aromatic carbocycles. The molecule has 10 nitrogen and oxygen atoms in total. The number of anilines is 2. The Morgan fingerprint density at radius 1 is 1.00 bits per heavy atom. The van der Waals surface area contributed by atoms with E-state index < -0.39 is 10.0 Å². The number of rotatable bonds is 9. The first-order chi connectivity index (χ1) is 15.2. The third-order valence-corrected chi connectivity index (χ3v) is 5.65. The van der Waals surface area contributed by atoms with Crippen LogP contribution in [0.1, 0.15) is 13.3 Å². The molecule has 0 spiro atoms. The van der Waals surface area contributed by atoms with Crippen molar-refractivity contribution in [1.29, 1.82) is 0 Å². The van der Waals surface area contributed by atoms with Crippen molar-refractivity contribution in [3.05, 3.63) is 42.5 Å². The molecular formula is C21H26N4O6S. The number of benzene rings is 2. The van der Waals surface area contributed by atoms with Crippen molar-refractivity contribution < 1.29 is 27.5 Å². The molecule has 2 amide bonds. The number of carbonyl (C=O) groups is 2. The lowest BCUT2D eigenvalue weighted by Gasteiger charge is -2.21. The number of likely N-dealkylation sites (N-methyl/N-ethyl adjacent to an activating group) is 1. The van der Waals surface area contributed by atoms with Crippen molar-refractivity contribution in [2.24, 2.45) is 5.14 Å². The van der Waals surface area contributed by atoms with Crippen LogP contribution in [0.5, 0.6) is 11.5 Å². The van der Waals surface area contributed by atoms with Crippen LogP contribution in [0.2, 0.25) is 0 Å². The van der Waals surface area contributed by atoms with Gasteiger partial charge in [-0.1, -0.05) is 13.0 Å². The molecule has 172 valence electrons. The lowest BCUT2D eigenvalue weighted by Crippen LogP contribution is -2.35. The summed E-state index contributed by atoms with van der Waals surface area (Å²) in [5.41, 5.74) is 0.934. The predicted octanol–water partition coefficient (Wildman–Crippen LogP) is 1.39. The minimum Gasteiger partial charge on any atom is -0.486 e. The van der Waals surface area contributed by atoms with Crippen LogP contribution in [0.25, 0.3) is 0 Å². The highest BCUT2D eigenvalue weighted by Gasteiger charge is 2.15. The first-order valence-electron chi connectivity index (χ1n) is 10.1. The number of nitrogens with zero attached hydrogens (tertiary/aromatic N) is 1. The first kappa shape index (κ1) is 23.5. The second kappa shape index (κ2) is 10.4. The van der Waals surface area contributed by atoms with Crippen LogP contribution in [0, 0.1) is 0 Å². The standard InChI is InChI=1S/C21H26N4O6S/c1-2-25(9-8-20(26)23-15-4-3-5-17(12-15)32(22,28)29)14-21(27)24-16-6-7-18-19(13-16)31-11-10-30-18/h3-7,12-13H,2,8-11,14H2,1H3,(H,23,26)(H,24,27)(H2,22,28,29). The highest BCUT2D eigenvalue weighted by Crippen LogP contribution is 2.32. The van der Waals surface area contributed by atoms with Gasteiger partial charge in [-0.2, -0.15) is 0 Å². The van der Waals surface area contributed by atoms with Crippen molar-refractivity contribution in [2.45, 2.75) is 18.2 Å². The highest BCUT2D eigenvalue weighted by atomic mass is 32.2. The van der Waals surface area contributed by atoms with Crippen LogP contribution in [-0.4, -0.2) is 58.0 Å². The first-order valence-corrected chi connectivity index (χ1v) is 11.6. The van der Waals surface area contributed by atoms with Gasteiger partial charge >= 0.3 is 0 Å². The summed E-state index contributed by atoms with van der Waals surface area (Å²) in [6.45, 7) is 3.89. The summed E-state index contributed by atoms with van der Waals surface area (Å²) >= 11 is 0. The summed E-state index contributed by atoms with van der Waals surface area (Å²) in [5, 5.41) is 10.6. The number of nitrogens with two attached hydrogens (primary N) is 1. The minimum atomic E-state index is -3.85. The van der Waals surface area contributed by atoms with Gasteiger partial charge in [-0.3, -0.25) is 14.5 Å². The van der Waals surface area contributed by atoms with Crippen LogP contribution in [0.15, 0.2) is 47.4 Å². The molecule has 0 aromatic heterocycles. The SMILES string of the molecule is CCN(CCC(=O)Nc1cccc(S(N)(=O)=O)c1)CC(=O)Nc1ccc2c(c1)OCCO2. The van der Waals surface area contributed by atoms with Crippen LogP contribution < -0.4 is 25.2 Å². The second-order valence-corrected chi connectivity index (χ2v) is 8.71. The predicted molar refractivity (Wildman–Crippen MR) is 119 cm³/mol. The number of ether oxygens (including phenoxy) is 2. The number of fused-ring (bicyclic) bond motifs is 1. The molecule has 0 saturated heterocycles. The Hall–Kier alpha value is -3.15. The maximum absolute atomic E-state index is 12.4. The Labute approximate surface area is 186 Å².